The number of rotatable bonds is 8. The van der Waals surface area contributed by atoms with E-state index in [1.807, 2.05) is 31.4 Å². The van der Waals surface area contributed by atoms with Crippen molar-refractivity contribution in [3.05, 3.63) is 41.7 Å². The molecule has 0 aliphatic heterocycles. The zero-order chi connectivity index (χ0) is 19.4. The van der Waals surface area contributed by atoms with Crippen LogP contribution in [-0.2, 0) is 18.3 Å². The van der Waals surface area contributed by atoms with Crippen LogP contribution in [0.1, 0.15) is 36.4 Å². The van der Waals surface area contributed by atoms with Crippen molar-refractivity contribution < 1.29 is 19.4 Å². The average Bonchev–Trinajstić information content (AvgIpc) is 3.08. The van der Waals surface area contributed by atoms with Crippen molar-refractivity contribution in [3.63, 3.8) is 0 Å². The number of aliphatic hydroxyl groups is 1. The molecule has 3 rings (SSSR count). The van der Waals surface area contributed by atoms with Crippen LogP contribution in [0, 0.1) is 5.92 Å². The molecular weight excluding hydrogens is 346 g/mol. The summed E-state index contributed by atoms with van der Waals surface area (Å²) in [7, 11) is 5.05. The number of ether oxygens (including phenoxy) is 2. The number of aliphatic hydroxyl groups excluding tert-OH is 1. The largest absolute Gasteiger partial charge is 0.493 e. The number of carbonyl (C=O) groups excluding carboxylic acids is 1. The van der Waals surface area contributed by atoms with E-state index >= 15 is 0 Å². The molecule has 0 saturated heterocycles. The lowest BCUT2D eigenvalue weighted by atomic mass is 9.75. The summed E-state index contributed by atoms with van der Waals surface area (Å²) in [4.78, 5) is 12.6. The predicted octanol–water partition coefficient (Wildman–Crippen LogP) is 2.00. The topological polar surface area (TPSA) is 85.6 Å². The Labute approximate surface area is 159 Å². The van der Waals surface area contributed by atoms with E-state index in [1.54, 1.807) is 25.1 Å². The van der Waals surface area contributed by atoms with Crippen LogP contribution in [0.25, 0.3) is 0 Å². The maximum absolute atomic E-state index is 12.6. The Hall–Kier alpha value is -2.54. The van der Waals surface area contributed by atoms with Crippen molar-refractivity contribution in [2.24, 2.45) is 13.0 Å². The SMILES string of the molecule is COc1ccc(CCC(=O)N[C@@H](c2cnn(C)c2)C2CC(O)C2)cc1OC. The van der Waals surface area contributed by atoms with E-state index < -0.39 is 0 Å². The lowest BCUT2D eigenvalue weighted by molar-refractivity contribution is -0.123. The van der Waals surface area contributed by atoms with E-state index in [2.05, 4.69) is 10.4 Å². The summed E-state index contributed by atoms with van der Waals surface area (Å²) >= 11 is 0. The van der Waals surface area contributed by atoms with Gasteiger partial charge in [-0.2, -0.15) is 5.10 Å². The monoisotopic (exact) mass is 373 g/mol. The number of methoxy groups -OCH3 is 2. The van der Waals surface area contributed by atoms with E-state index in [-0.39, 0.29) is 24.0 Å². The van der Waals surface area contributed by atoms with Gasteiger partial charge in [0, 0.05) is 25.2 Å². The third-order valence-electron chi connectivity index (χ3n) is 5.11. The summed E-state index contributed by atoms with van der Waals surface area (Å²) in [5.74, 6) is 1.56. The van der Waals surface area contributed by atoms with Gasteiger partial charge in [-0.25, -0.2) is 0 Å². The summed E-state index contributed by atoms with van der Waals surface area (Å²) < 4.78 is 12.3. The number of aryl methyl sites for hydroxylation is 2. The first-order valence-corrected chi connectivity index (χ1v) is 9.17. The number of amides is 1. The Balaban J connectivity index is 1.61. The van der Waals surface area contributed by atoms with E-state index in [1.165, 1.54) is 0 Å². The van der Waals surface area contributed by atoms with Gasteiger partial charge in [-0.3, -0.25) is 9.48 Å². The fourth-order valence-electron chi connectivity index (χ4n) is 3.52. The first-order chi connectivity index (χ1) is 13.0. The second-order valence-corrected chi connectivity index (χ2v) is 7.07. The molecule has 0 unspecified atom stereocenters. The van der Waals surface area contributed by atoms with Crippen LogP contribution >= 0.6 is 0 Å². The van der Waals surface area contributed by atoms with Gasteiger partial charge < -0.3 is 19.9 Å². The molecule has 0 bridgehead atoms. The van der Waals surface area contributed by atoms with E-state index in [4.69, 9.17) is 9.47 Å². The van der Waals surface area contributed by atoms with Gasteiger partial charge >= 0.3 is 0 Å². The third kappa shape index (κ3) is 4.60. The second-order valence-electron chi connectivity index (χ2n) is 7.07. The highest BCUT2D eigenvalue weighted by Crippen LogP contribution is 2.38. The van der Waals surface area contributed by atoms with Gasteiger partial charge in [-0.1, -0.05) is 6.07 Å². The molecule has 1 aliphatic carbocycles. The summed E-state index contributed by atoms with van der Waals surface area (Å²) in [5.41, 5.74) is 1.99. The lowest BCUT2D eigenvalue weighted by Gasteiger charge is -2.37. The smallest absolute Gasteiger partial charge is 0.220 e. The summed E-state index contributed by atoms with van der Waals surface area (Å²) in [6.07, 6.45) is 5.83. The highest BCUT2D eigenvalue weighted by molar-refractivity contribution is 5.76. The van der Waals surface area contributed by atoms with Crippen molar-refractivity contribution in [1.82, 2.24) is 15.1 Å². The number of aromatic nitrogens is 2. The van der Waals surface area contributed by atoms with Gasteiger partial charge in [0.25, 0.3) is 0 Å². The normalized spacial score (nSPS) is 19.9. The molecule has 1 fully saturated rings. The Kier molecular flexibility index (Phi) is 6.01. The quantitative estimate of drug-likeness (QED) is 0.739. The molecule has 0 radical (unpaired) electrons. The number of nitrogens with zero attached hydrogens (tertiary/aromatic N) is 2. The first-order valence-electron chi connectivity index (χ1n) is 9.17. The summed E-state index contributed by atoms with van der Waals surface area (Å²) in [5, 5.41) is 17.0. The predicted molar refractivity (Wildman–Crippen MR) is 101 cm³/mol. The van der Waals surface area contributed by atoms with Crippen LogP contribution in [0.15, 0.2) is 30.6 Å². The van der Waals surface area contributed by atoms with Crippen LogP contribution in [0.3, 0.4) is 0 Å². The highest BCUT2D eigenvalue weighted by Gasteiger charge is 2.36. The van der Waals surface area contributed by atoms with Gasteiger partial charge in [0.15, 0.2) is 11.5 Å². The molecule has 2 aromatic rings. The second kappa shape index (κ2) is 8.43. The molecule has 146 valence electrons. The Bertz CT molecular complexity index is 783. The van der Waals surface area contributed by atoms with Crippen LogP contribution < -0.4 is 14.8 Å². The number of nitrogens with one attached hydrogen (secondary N) is 1. The number of benzene rings is 1. The van der Waals surface area contributed by atoms with Crippen molar-refractivity contribution in [2.45, 2.75) is 37.8 Å². The molecule has 7 heteroatoms. The van der Waals surface area contributed by atoms with Crippen LogP contribution in [-0.4, -0.2) is 41.1 Å². The maximum Gasteiger partial charge on any atom is 0.220 e. The van der Waals surface area contributed by atoms with Crippen LogP contribution in [0.4, 0.5) is 0 Å². The Morgan fingerprint density at radius 2 is 2.07 bits per heavy atom. The van der Waals surface area contributed by atoms with Crippen LogP contribution in [0.5, 0.6) is 11.5 Å². The molecule has 1 atom stereocenters. The molecular formula is C20H27N3O4. The molecule has 7 nitrogen and oxygen atoms in total. The molecule has 1 heterocycles. The fraction of sp³-hybridized carbons (Fsp3) is 0.500. The zero-order valence-electron chi connectivity index (χ0n) is 16.0. The van der Waals surface area contributed by atoms with Crippen LogP contribution in [0.2, 0.25) is 0 Å². The average molecular weight is 373 g/mol. The van der Waals surface area contributed by atoms with E-state index in [9.17, 15) is 9.90 Å². The summed E-state index contributed by atoms with van der Waals surface area (Å²) in [6, 6.07) is 5.57. The zero-order valence-corrected chi connectivity index (χ0v) is 16.0. The number of hydrogen-bond donors (Lipinski definition) is 2. The molecule has 1 amide bonds. The molecule has 1 aliphatic rings. The van der Waals surface area contributed by atoms with E-state index in [0.717, 1.165) is 11.1 Å². The first kappa shape index (κ1) is 19.2. The maximum atomic E-state index is 12.6. The lowest BCUT2D eigenvalue weighted by Crippen LogP contribution is -2.41. The van der Waals surface area contributed by atoms with Gasteiger partial charge in [-0.05, 0) is 42.9 Å². The minimum absolute atomic E-state index is 0.0139. The fourth-order valence-corrected chi connectivity index (χ4v) is 3.52. The van der Waals surface area contributed by atoms with Gasteiger partial charge in [0.1, 0.15) is 0 Å². The van der Waals surface area contributed by atoms with Gasteiger partial charge in [-0.15, -0.1) is 0 Å². The van der Waals surface area contributed by atoms with Gasteiger partial charge in [0.05, 0.1) is 32.6 Å². The van der Waals surface area contributed by atoms with Crippen molar-refractivity contribution >= 4 is 5.91 Å². The number of carbonyl (C=O) groups is 1. The van der Waals surface area contributed by atoms with Crippen molar-refractivity contribution in [1.29, 1.82) is 0 Å². The third-order valence-corrected chi connectivity index (χ3v) is 5.11. The minimum Gasteiger partial charge on any atom is -0.493 e. The molecule has 1 aromatic carbocycles. The highest BCUT2D eigenvalue weighted by atomic mass is 16.5. The summed E-state index contributed by atoms with van der Waals surface area (Å²) in [6.45, 7) is 0. The molecule has 0 spiro atoms. The van der Waals surface area contributed by atoms with Crippen molar-refractivity contribution in [2.75, 3.05) is 14.2 Å². The van der Waals surface area contributed by atoms with Crippen molar-refractivity contribution in [3.8, 4) is 11.5 Å². The molecule has 2 N–H and O–H groups in total. The Morgan fingerprint density at radius 3 is 2.67 bits per heavy atom. The Morgan fingerprint density at radius 1 is 1.33 bits per heavy atom. The molecule has 1 saturated carbocycles. The number of hydrogen-bond acceptors (Lipinski definition) is 5. The molecule has 27 heavy (non-hydrogen) atoms. The standard InChI is InChI=1S/C20H27N3O4/c1-23-12-15(11-21-23)20(14-9-16(24)10-14)22-19(25)7-5-13-4-6-17(26-2)18(8-13)27-3/h4,6,8,11-12,14,16,20,24H,5,7,9-10H2,1-3H3,(H,22,25)/t14?,16?,20-/m1/s1. The minimum atomic E-state index is -0.266. The van der Waals surface area contributed by atoms with Gasteiger partial charge in [0.2, 0.25) is 5.91 Å². The molecule has 1 aromatic heterocycles. The van der Waals surface area contributed by atoms with E-state index in [0.29, 0.717) is 37.2 Å².